The van der Waals surface area contributed by atoms with Gasteiger partial charge in [0.2, 0.25) is 0 Å². The summed E-state index contributed by atoms with van der Waals surface area (Å²) >= 11 is -2.13. The third-order valence-corrected chi connectivity index (χ3v) is 6.74. The number of hydrogen-bond donors (Lipinski definition) is 1. The van der Waals surface area contributed by atoms with E-state index in [2.05, 4.69) is 19.5 Å². The maximum Gasteiger partial charge on any atom is 0.139 e. The Hall–Kier alpha value is -1.48. The number of aromatic nitrogens is 1. The van der Waals surface area contributed by atoms with Crippen LogP contribution in [0.15, 0.2) is 29.0 Å². The van der Waals surface area contributed by atoms with Crippen molar-refractivity contribution in [2.75, 3.05) is 44.2 Å². The number of nitrogens with zero attached hydrogens (tertiary/aromatic N) is 3. The summed E-state index contributed by atoms with van der Waals surface area (Å²) in [4.78, 5) is 9.52. The van der Waals surface area contributed by atoms with Crippen LogP contribution in [0.4, 0.5) is 5.82 Å². The molecule has 2 aromatic rings. The number of hydrogen-bond acceptors (Lipinski definition) is 6. The molecule has 0 amide bonds. The molecule has 1 saturated carbocycles. The van der Waals surface area contributed by atoms with Gasteiger partial charge in [0.15, 0.2) is 0 Å². The lowest BCUT2D eigenvalue weighted by atomic mass is 9.80. The van der Waals surface area contributed by atoms with Gasteiger partial charge in [0.05, 0.1) is 11.6 Å². The number of piperazine rings is 1. The van der Waals surface area contributed by atoms with Crippen molar-refractivity contribution >= 4 is 28.1 Å². The van der Waals surface area contributed by atoms with Gasteiger partial charge in [-0.3, -0.25) is 9.11 Å². The van der Waals surface area contributed by atoms with Gasteiger partial charge < -0.3 is 13.9 Å². The van der Waals surface area contributed by atoms with Crippen molar-refractivity contribution in [3.8, 4) is 0 Å². The Morgan fingerprint density at radius 2 is 1.89 bits per heavy atom. The van der Waals surface area contributed by atoms with Crippen LogP contribution < -0.4 is 9.62 Å². The quantitative estimate of drug-likeness (QED) is 0.713. The fourth-order valence-corrected chi connectivity index (χ4v) is 4.96. The van der Waals surface area contributed by atoms with Gasteiger partial charge >= 0.3 is 0 Å². The van der Waals surface area contributed by atoms with Crippen molar-refractivity contribution < 1.29 is 13.2 Å². The van der Waals surface area contributed by atoms with Gasteiger partial charge in [-0.15, -0.1) is 0 Å². The lowest BCUT2D eigenvalue weighted by Crippen LogP contribution is -2.47. The summed E-state index contributed by atoms with van der Waals surface area (Å²) in [5.74, 6) is 2.33. The molecule has 28 heavy (non-hydrogen) atoms. The number of anilines is 1. The zero-order valence-corrected chi connectivity index (χ0v) is 17.0. The fraction of sp³-hybridized carbons (Fsp3) is 0.650. The molecule has 0 radical (unpaired) electrons. The van der Waals surface area contributed by atoms with Gasteiger partial charge in [0, 0.05) is 50.2 Å². The van der Waals surface area contributed by atoms with Gasteiger partial charge in [-0.05, 0) is 49.8 Å². The summed E-state index contributed by atoms with van der Waals surface area (Å²) in [5.41, 5.74) is 0.903. The Kier molecular flexibility index (Phi) is 6.61. The van der Waals surface area contributed by atoms with Crippen molar-refractivity contribution in [2.45, 2.75) is 32.1 Å². The Morgan fingerprint density at radius 3 is 2.64 bits per heavy atom. The molecule has 0 bridgehead atoms. The molecule has 154 valence electrons. The molecule has 2 fully saturated rings. The Balaban J connectivity index is 1.18. The lowest BCUT2D eigenvalue weighted by molar-refractivity contribution is 0.204. The zero-order valence-electron chi connectivity index (χ0n) is 16.2. The molecule has 4 rings (SSSR count). The van der Waals surface area contributed by atoms with Crippen LogP contribution in [0, 0.1) is 11.8 Å². The number of fused-ring (bicyclic) bond motifs is 1. The molecule has 1 unspecified atom stereocenters. The van der Waals surface area contributed by atoms with E-state index in [1.165, 1.54) is 19.3 Å². The standard InChI is InChI=1S/C20H30N4O3S/c25-28(26)22-15-17-3-1-16(2-4-17)6-9-23-10-12-24(13-11-23)20-18-7-14-27-19(18)5-8-21-20/h5,7-8,14,16-17,22H,1-4,6,9-13,15H2,(H,25,26)/p-1. The molecule has 2 aromatic heterocycles. The predicted molar refractivity (Wildman–Crippen MR) is 110 cm³/mol. The van der Waals surface area contributed by atoms with Crippen LogP contribution in [0.1, 0.15) is 32.1 Å². The van der Waals surface area contributed by atoms with E-state index in [9.17, 15) is 8.76 Å². The van der Waals surface area contributed by atoms with Gasteiger partial charge in [-0.1, -0.05) is 12.8 Å². The first-order valence-electron chi connectivity index (χ1n) is 10.3. The van der Waals surface area contributed by atoms with E-state index in [1.54, 1.807) is 6.26 Å². The highest BCUT2D eigenvalue weighted by Crippen LogP contribution is 2.31. The molecule has 2 aliphatic rings. The molecule has 7 nitrogen and oxygen atoms in total. The van der Waals surface area contributed by atoms with Crippen molar-refractivity contribution in [1.29, 1.82) is 0 Å². The summed E-state index contributed by atoms with van der Waals surface area (Å²) in [6.45, 7) is 5.91. The van der Waals surface area contributed by atoms with Crippen LogP contribution in [0.2, 0.25) is 0 Å². The second-order valence-electron chi connectivity index (χ2n) is 8.05. The van der Waals surface area contributed by atoms with Crippen LogP contribution in [-0.4, -0.2) is 57.9 Å². The summed E-state index contributed by atoms with van der Waals surface area (Å²) in [6, 6.07) is 3.92. The van der Waals surface area contributed by atoms with Gasteiger partial charge in [-0.2, -0.15) is 0 Å². The first kappa shape index (κ1) is 19.8. The highest BCUT2D eigenvalue weighted by Gasteiger charge is 2.24. The first-order chi connectivity index (χ1) is 13.7. The van der Waals surface area contributed by atoms with Crippen LogP contribution in [0.5, 0.6) is 0 Å². The molecule has 0 spiro atoms. The summed E-state index contributed by atoms with van der Waals surface area (Å²) in [5, 5.41) is 1.10. The van der Waals surface area contributed by atoms with E-state index in [-0.39, 0.29) is 0 Å². The van der Waals surface area contributed by atoms with Crippen LogP contribution in [0.25, 0.3) is 11.0 Å². The van der Waals surface area contributed by atoms with E-state index < -0.39 is 11.3 Å². The van der Waals surface area contributed by atoms with Gasteiger partial charge in [-0.25, -0.2) is 9.71 Å². The molecular formula is C20H29N4O3S-. The third kappa shape index (κ3) is 4.92. The van der Waals surface area contributed by atoms with E-state index in [4.69, 9.17) is 4.42 Å². The van der Waals surface area contributed by atoms with Crippen molar-refractivity contribution in [1.82, 2.24) is 14.6 Å². The van der Waals surface area contributed by atoms with Crippen molar-refractivity contribution in [3.63, 3.8) is 0 Å². The van der Waals surface area contributed by atoms with Crippen molar-refractivity contribution in [3.05, 3.63) is 24.6 Å². The minimum Gasteiger partial charge on any atom is -0.760 e. The number of pyridine rings is 1. The van der Waals surface area contributed by atoms with Gasteiger partial charge in [0.25, 0.3) is 0 Å². The highest BCUT2D eigenvalue weighted by atomic mass is 32.2. The van der Waals surface area contributed by atoms with Crippen LogP contribution >= 0.6 is 0 Å². The number of nitrogens with one attached hydrogen (secondary N) is 1. The first-order valence-corrected chi connectivity index (χ1v) is 11.4. The zero-order chi connectivity index (χ0) is 19.3. The maximum absolute atomic E-state index is 10.6. The number of rotatable bonds is 7. The lowest BCUT2D eigenvalue weighted by Gasteiger charge is -2.37. The summed E-state index contributed by atoms with van der Waals surface area (Å²) in [6.07, 6.45) is 9.55. The van der Waals surface area contributed by atoms with Crippen LogP contribution in [-0.2, 0) is 11.3 Å². The fourth-order valence-electron chi connectivity index (χ4n) is 4.59. The Bertz CT molecular complexity index is 783. The second kappa shape index (κ2) is 9.35. The minimum atomic E-state index is -2.13. The minimum absolute atomic E-state index is 0.510. The Labute approximate surface area is 168 Å². The average Bonchev–Trinajstić information content (AvgIpc) is 3.21. The molecule has 1 aliphatic carbocycles. The predicted octanol–water partition coefficient (Wildman–Crippen LogP) is 2.53. The monoisotopic (exact) mass is 405 g/mol. The molecule has 1 atom stereocenters. The molecule has 0 aromatic carbocycles. The number of furan rings is 1. The molecule has 1 saturated heterocycles. The molecule has 3 heterocycles. The maximum atomic E-state index is 10.6. The van der Waals surface area contributed by atoms with Gasteiger partial charge in [0.1, 0.15) is 11.4 Å². The third-order valence-electron chi connectivity index (χ3n) is 6.34. The molecule has 1 N–H and O–H groups in total. The van der Waals surface area contributed by atoms with Crippen LogP contribution in [0.3, 0.4) is 0 Å². The average molecular weight is 406 g/mol. The normalized spacial score (nSPS) is 25.2. The van der Waals surface area contributed by atoms with E-state index in [1.807, 2.05) is 18.3 Å². The van der Waals surface area contributed by atoms with E-state index >= 15 is 0 Å². The van der Waals surface area contributed by atoms with E-state index in [0.29, 0.717) is 12.5 Å². The molecular weight excluding hydrogens is 376 g/mol. The highest BCUT2D eigenvalue weighted by molar-refractivity contribution is 7.77. The molecule has 1 aliphatic heterocycles. The summed E-state index contributed by atoms with van der Waals surface area (Å²) < 4.78 is 29.3. The molecule has 8 heteroatoms. The SMILES string of the molecule is O=S([O-])NCC1CCC(CCN2CCN(c3nccc4occc34)CC2)CC1. The smallest absolute Gasteiger partial charge is 0.139 e. The topological polar surface area (TPSA) is 84.7 Å². The Morgan fingerprint density at radius 1 is 1.14 bits per heavy atom. The second-order valence-corrected chi connectivity index (χ2v) is 8.81. The largest absolute Gasteiger partial charge is 0.760 e. The van der Waals surface area contributed by atoms with Crippen molar-refractivity contribution in [2.24, 2.45) is 11.8 Å². The summed E-state index contributed by atoms with van der Waals surface area (Å²) in [7, 11) is 0. The van der Waals surface area contributed by atoms with E-state index in [0.717, 1.165) is 68.3 Å².